The van der Waals surface area contributed by atoms with Crippen LogP contribution in [0.3, 0.4) is 0 Å². The molecule has 11 nitrogen and oxygen atoms in total. The van der Waals surface area contributed by atoms with E-state index in [1.807, 2.05) is 35.8 Å². The molecule has 0 radical (unpaired) electrons. The summed E-state index contributed by atoms with van der Waals surface area (Å²) in [5, 5.41) is 17.0. The molecule has 2 fully saturated rings. The summed E-state index contributed by atoms with van der Waals surface area (Å²) in [6.45, 7) is 10.7. The van der Waals surface area contributed by atoms with Gasteiger partial charge in [0.25, 0.3) is 0 Å². The molecule has 38 heavy (non-hydrogen) atoms. The molecule has 5 rings (SSSR count). The Bertz CT molecular complexity index is 1270. The Morgan fingerprint density at radius 2 is 1.97 bits per heavy atom. The number of rotatable bonds is 6. The molecular formula is C27H38N8O3. The smallest absolute Gasteiger partial charge is 0.319 e. The highest BCUT2D eigenvalue weighted by molar-refractivity contribution is 5.89. The lowest BCUT2D eigenvalue weighted by Crippen LogP contribution is -2.51. The molecule has 1 aliphatic carbocycles. The monoisotopic (exact) mass is 522 g/mol. The van der Waals surface area contributed by atoms with Crippen LogP contribution in [-0.4, -0.2) is 73.6 Å². The van der Waals surface area contributed by atoms with Crippen LogP contribution < -0.4 is 16.4 Å². The van der Waals surface area contributed by atoms with Crippen molar-refractivity contribution >= 4 is 28.7 Å². The second-order valence-corrected chi connectivity index (χ2v) is 11.4. The van der Waals surface area contributed by atoms with E-state index in [1.54, 1.807) is 6.33 Å². The maximum atomic E-state index is 12.3. The molecule has 1 unspecified atom stereocenters. The van der Waals surface area contributed by atoms with Gasteiger partial charge in [-0.2, -0.15) is 0 Å². The minimum Gasteiger partial charge on any atom is -0.388 e. The molecule has 0 bridgehead atoms. The van der Waals surface area contributed by atoms with Gasteiger partial charge in [0.05, 0.1) is 18.5 Å². The van der Waals surface area contributed by atoms with Gasteiger partial charge in [0, 0.05) is 31.2 Å². The fourth-order valence-electron chi connectivity index (χ4n) is 5.59. The number of aliphatic hydroxyl groups is 1. The normalized spacial score (nSPS) is 25.9. The van der Waals surface area contributed by atoms with E-state index in [1.165, 1.54) is 11.9 Å². The van der Waals surface area contributed by atoms with Crippen LogP contribution in [0.25, 0.3) is 11.2 Å². The predicted molar refractivity (Wildman–Crippen MR) is 146 cm³/mol. The molecule has 5 atom stereocenters. The Balaban J connectivity index is 1.11. The van der Waals surface area contributed by atoms with Crippen LogP contribution in [0.4, 0.5) is 16.3 Å². The number of carbonyl (C=O) groups is 1. The standard InChI is InChI=1S/C27H38N8O3/c1-16-34(11-5-10-29-26(37)33-19-8-6-18(7-9-19)27(2,3)4)13-17-12-20(22(36)23(17)38-16)35-15-32-21-24(28)30-14-31-25(21)35/h6-9,14-17,20,22-23,36H,5,10-13H2,1-4H3,(H2,28,30,31)(H2,29,33,37)/t16?,17-,20+,22-,23+/m0/s1. The van der Waals surface area contributed by atoms with Crippen LogP contribution in [0, 0.1) is 5.92 Å². The molecule has 204 valence electrons. The van der Waals surface area contributed by atoms with Crippen molar-refractivity contribution in [3.8, 4) is 0 Å². The molecule has 5 N–H and O–H groups in total. The number of imidazole rings is 1. The summed E-state index contributed by atoms with van der Waals surface area (Å²) in [4.78, 5) is 27.3. The van der Waals surface area contributed by atoms with Crippen molar-refractivity contribution in [1.29, 1.82) is 0 Å². The Morgan fingerprint density at radius 1 is 1.21 bits per heavy atom. The van der Waals surface area contributed by atoms with Gasteiger partial charge in [-0.1, -0.05) is 32.9 Å². The topological polar surface area (TPSA) is 143 Å². The fourth-order valence-corrected chi connectivity index (χ4v) is 5.59. The number of amides is 2. The molecule has 1 aliphatic heterocycles. The van der Waals surface area contributed by atoms with Gasteiger partial charge in [-0.25, -0.2) is 19.7 Å². The first-order chi connectivity index (χ1) is 18.1. The number of carbonyl (C=O) groups excluding carboxylic acids is 1. The molecular weight excluding hydrogens is 484 g/mol. The number of anilines is 2. The zero-order valence-corrected chi connectivity index (χ0v) is 22.5. The van der Waals surface area contributed by atoms with E-state index in [4.69, 9.17) is 10.5 Å². The molecule has 3 heterocycles. The van der Waals surface area contributed by atoms with Gasteiger partial charge >= 0.3 is 6.03 Å². The highest BCUT2D eigenvalue weighted by Gasteiger charge is 2.48. The molecule has 11 heteroatoms. The van der Waals surface area contributed by atoms with Gasteiger partial charge in [-0.15, -0.1) is 0 Å². The van der Waals surface area contributed by atoms with Crippen LogP contribution in [0.5, 0.6) is 0 Å². The van der Waals surface area contributed by atoms with Gasteiger partial charge in [-0.05, 0) is 42.9 Å². The Kier molecular flexibility index (Phi) is 7.26. The number of nitrogen functional groups attached to an aromatic ring is 1. The van der Waals surface area contributed by atoms with Gasteiger partial charge in [0.1, 0.15) is 24.2 Å². The van der Waals surface area contributed by atoms with Crippen LogP contribution in [0.1, 0.15) is 52.1 Å². The van der Waals surface area contributed by atoms with Crippen molar-refractivity contribution in [2.24, 2.45) is 5.92 Å². The molecule has 2 aliphatic rings. The van der Waals surface area contributed by atoms with E-state index < -0.39 is 6.10 Å². The van der Waals surface area contributed by atoms with Crippen molar-refractivity contribution < 1.29 is 14.6 Å². The van der Waals surface area contributed by atoms with E-state index in [-0.39, 0.29) is 35.7 Å². The van der Waals surface area contributed by atoms with Crippen molar-refractivity contribution in [2.45, 2.75) is 70.4 Å². The average Bonchev–Trinajstić information content (AvgIpc) is 3.43. The largest absolute Gasteiger partial charge is 0.388 e. The van der Waals surface area contributed by atoms with Crippen molar-refractivity contribution in [1.82, 2.24) is 29.7 Å². The summed E-state index contributed by atoms with van der Waals surface area (Å²) >= 11 is 0. The maximum absolute atomic E-state index is 12.3. The lowest BCUT2D eigenvalue weighted by Gasteiger charge is -2.41. The zero-order valence-electron chi connectivity index (χ0n) is 22.5. The van der Waals surface area contributed by atoms with Crippen LogP contribution >= 0.6 is 0 Å². The Morgan fingerprint density at radius 3 is 2.71 bits per heavy atom. The molecule has 1 saturated heterocycles. The first-order valence-electron chi connectivity index (χ1n) is 13.3. The number of benzene rings is 1. The average molecular weight is 523 g/mol. The lowest BCUT2D eigenvalue weighted by atomic mass is 9.87. The third-order valence-corrected chi connectivity index (χ3v) is 7.74. The van der Waals surface area contributed by atoms with Crippen LogP contribution in [-0.2, 0) is 10.2 Å². The molecule has 1 saturated carbocycles. The minimum absolute atomic E-state index is 0.0744. The minimum atomic E-state index is -0.666. The number of urea groups is 1. The highest BCUT2D eigenvalue weighted by Crippen LogP contribution is 2.42. The van der Waals surface area contributed by atoms with Gasteiger partial charge in [0.2, 0.25) is 0 Å². The van der Waals surface area contributed by atoms with E-state index in [2.05, 4.69) is 51.3 Å². The summed E-state index contributed by atoms with van der Waals surface area (Å²) in [5.74, 6) is 0.505. The Labute approximate surface area is 222 Å². The second kappa shape index (κ2) is 10.5. The van der Waals surface area contributed by atoms with Crippen molar-refractivity contribution in [3.05, 3.63) is 42.5 Å². The number of aromatic nitrogens is 4. The second-order valence-electron chi connectivity index (χ2n) is 11.4. The third kappa shape index (κ3) is 5.31. The molecule has 1 aromatic carbocycles. The summed E-state index contributed by atoms with van der Waals surface area (Å²) in [6.07, 6.45) is 3.59. The molecule has 0 spiro atoms. The quantitative estimate of drug-likeness (QED) is 0.362. The van der Waals surface area contributed by atoms with Crippen molar-refractivity contribution in [3.63, 3.8) is 0 Å². The van der Waals surface area contributed by atoms with Crippen molar-refractivity contribution in [2.75, 3.05) is 30.7 Å². The number of aliphatic hydroxyl groups excluding tert-OH is 1. The summed E-state index contributed by atoms with van der Waals surface area (Å²) in [6, 6.07) is 7.55. The number of nitrogens with one attached hydrogen (secondary N) is 2. The highest BCUT2D eigenvalue weighted by atomic mass is 16.5. The first kappa shape index (κ1) is 26.3. The van der Waals surface area contributed by atoms with Crippen LogP contribution in [0.2, 0.25) is 0 Å². The lowest BCUT2D eigenvalue weighted by molar-refractivity contribution is -0.173. The van der Waals surface area contributed by atoms with Gasteiger partial charge in [0.15, 0.2) is 11.5 Å². The zero-order chi connectivity index (χ0) is 27.0. The van der Waals surface area contributed by atoms with Gasteiger partial charge in [-0.3, -0.25) is 4.90 Å². The number of hydrogen-bond donors (Lipinski definition) is 4. The fraction of sp³-hybridized carbons (Fsp3) is 0.556. The third-order valence-electron chi connectivity index (χ3n) is 7.74. The molecule has 2 amide bonds. The predicted octanol–water partition coefficient (Wildman–Crippen LogP) is 2.89. The van der Waals surface area contributed by atoms with E-state index >= 15 is 0 Å². The summed E-state index contributed by atoms with van der Waals surface area (Å²) < 4.78 is 8.17. The maximum Gasteiger partial charge on any atom is 0.319 e. The first-order valence-corrected chi connectivity index (χ1v) is 13.3. The summed E-state index contributed by atoms with van der Waals surface area (Å²) in [5.41, 5.74) is 9.18. The van der Waals surface area contributed by atoms with E-state index in [0.29, 0.717) is 23.5 Å². The van der Waals surface area contributed by atoms with E-state index in [9.17, 15) is 9.90 Å². The van der Waals surface area contributed by atoms with Crippen LogP contribution in [0.15, 0.2) is 36.9 Å². The molecule has 3 aromatic rings. The number of nitrogens with two attached hydrogens (primary N) is 1. The number of nitrogens with zero attached hydrogens (tertiary/aromatic N) is 5. The SMILES string of the molecule is CC1O[C@@H]2[C@@H](C[C@@H](n3cnc4c(N)ncnc43)[C@@H]2O)CN1CCCNC(=O)Nc1ccc(C(C)(C)C)cc1. The molecule has 2 aromatic heterocycles. The van der Waals surface area contributed by atoms with E-state index in [0.717, 1.165) is 31.6 Å². The Hall–Kier alpha value is -3.28. The number of hydrogen-bond acceptors (Lipinski definition) is 8. The number of fused-ring (bicyclic) bond motifs is 2. The number of ether oxygens (including phenoxy) is 1. The van der Waals surface area contributed by atoms with Gasteiger partial charge < -0.3 is 30.8 Å². The summed E-state index contributed by atoms with van der Waals surface area (Å²) in [7, 11) is 0.